The molecule has 4 heteroatoms. The first-order valence-electron chi connectivity index (χ1n) is 7.07. The second kappa shape index (κ2) is 5.39. The zero-order chi connectivity index (χ0) is 13.2. The molecule has 0 aromatic heterocycles. The lowest BCUT2D eigenvalue weighted by Crippen LogP contribution is -2.37. The van der Waals surface area contributed by atoms with Crippen LogP contribution in [0.5, 0.6) is 11.5 Å². The van der Waals surface area contributed by atoms with Crippen LogP contribution in [0, 0.1) is 5.92 Å². The van der Waals surface area contributed by atoms with Crippen molar-refractivity contribution in [2.75, 3.05) is 20.4 Å². The van der Waals surface area contributed by atoms with Crippen LogP contribution in [0.2, 0.25) is 0 Å². The van der Waals surface area contributed by atoms with Crippen LogP contribution in [0.4, 0.5) is 0 Å². The maximum atomic E-state index is 5.87. The van der Waals surface area contributed by atoms with Gasteiger partial charge in [-0.1, -0.05) is 12.5 Å². The lowest BCUT2D eigenvalue weighted by Gasteiger charge is -2.29. The van der Waals surface area contributed by atoms with E-state index >= 15 is 0 Å². The van der Waals surface area contributed by atoms with Crippen LogP contribution >= 0.6 is 0 Å². The summed E-state index contributed by atoms with van der Waals surface area (Å²) in [5.74, 6) is 2.37. The second-order valence-corrected chi connectivity index (χ2v) is 5.60. The molecule has 3 rings (SSSR count). The van der Waals surface area contributed by atoms with Gasteiger partial charge in [-0.05, 0) is 50.0 Å². The summed E-state index contributed by atoms with van der Waals surface area (Å²) in [5, 5.41) is 0. The van der Waals surface area contributed by atoms with E-state index < -0.39 is 0 Å². The highest BCUT2D eigenvalue weighted by Gasteiger charge is 2.29. The molecule has 1 aromatic carbocycles. The first-order valence-corrected chi connectivity index (χ1v) is 7.07. The number of hydrogen-bond acceptors (Lipinski definition) is 4. The molecule has 2 N–H and O–H groups in total. The Labute approximate surface area is 114 Å². The van der Waals surface area contributed by atoms with Gasteiger partial charge in [0.2, 0.25) is 6.79 Å². The fourth-order valence-corrected chi connectivity index (χ4v) is 3.32. The fourth-order valence-electron chi connectivity index (χ4n) is 3.32. The topological polar surface area (TPSA) is 47.7 Å². The summed E-state index contributed by atoms with van der Waals surface area (Å²) < 4.78 is 10.8. The van der Waals surface area contributed by atoms with Crippen molar-refractivity contribution in [1.82, 2.24) is 4.90 Å². The predicted octanol–water partition coefficient (Wildman–Crippen LogP) is 1.97. The van der Waals surface area contributed by atoms with Crippen LogP contribution in [0.25, 0.3) is 0 Å². The number of nitrogens with zero attached hydrogens (tertiary/aromatic N) is 1. The molecule has 0 spiro atoms. The van der Waals surface area contributed by atoms with Crippen molar-refractivity contribution >= 4 is 0 Å². The Balaban J connectivity index is 1.67. The number of benzene rings is 1. The molecular weight excluding hydrogens is 240 g/mol. The van der Waals surface area contributed by atoms with E-state index in [0.29, 0.717) is 18.8 Å². The molecule has 2 aliphatic rings. The van der Waals surface area contributed by atoms with Crippen LogP contribution < -0.4 is 15.2 Å². The fraction of sp³-hybridized carbons (Fsp3) is 0.600. The third-order valence-electron chi connectivity index (χ3n) is 4.36. The van der Waals surface area contributed by atoms with E-state index in [9.17, 15) is 0 Å². The average molecular weight is 262 g/mol. The summed E-state index contributed by atoms with van der Waals surface area (Å²) in [7, 11) is 2.20. The molecule has 0 radical (unpaired) electrons. The van der Waals surface area contributed by atoms with E-state index in [2.05, 4.69) is 24.1 Å². The molecule has 1 fully saturated rings. The molecular formula is C15H22N2O2. The summed E-state index contributed by atoms with van der Waals surface area (Å²) in [4.78, 5) is 2.43. The minimum Gasteiger partial charge on any atom is -0.454 e. The van der Waals surface area contributed by atoms with Crippen LogP contribution in [0.1, 0.15) is 24.8 Å². The van der Waals surface area contributed by atoms with Crippen molar-refractivity contribution in [3.8, 4) is 11.5 Å². The third-order valence-corrected chi connectivity index (χ3v) is 4.36. The molecule has 4 nitrogen and oxygen atoms in total. The lowest BCUT2D eigenvalue weighted by atomic mass is 10.0. The SMILES string of the molecule is CN(Cc1ccc2c(c1)OCO2)C1CCCC1CN. The van der Waals surface area contributed by atoms with E-state index in [1.54, 1.807) is 0 Å². The Morgan fingerprint density at radius 1 is 1.26 bits per heavy atom. The molecule has 104 valence electrons. The molecule has 2 unspecified atom stereocenters. The maximum Gasteiger partial charge on any atom is 0.231 e. The van der Waals surface area contributed by atoms with Gasteiger partial charge in [-0.15, -0.1) is 0 Å². The molecule has 1 aromatic rings. The number of nitrogens with two attached hydrogens (primary N) is 1. The van der Waals surface area contributed by atoms with Crippen molar-refractivity contribution < 1.29 is 9.47 Å². The summed E-state index contributed by atoms with van der Waals surface area (Å²) >= 11 is 0. The van der Waals surface area contributed by atoms with Crippen LogP contribution in [-0.2, 0) is 6.54 Å². The number of rotatable bonds is 4. The molecule has 2 atom stereocenters. The Kier molecular flexibility index (Phi) is 3.62. The summed E-state index contributed by atoms with van der Waals surface area (Å²) in [6, 6.07) is 6.83. The molecule has 1 saturated carbocycles. The number of hydrogen-bond donors (Lipinski definition) is 1. The monoisotopic (exact) mass is 262 g/mol. The standard InChI is InChI=1S/C15H22N2O2/c1-17(13-4-2-3-12(13)8-16)9-11-5-6-14-15(7-11)19-10-18-14/h5-7,12-13H,2-4,8-10,16H2,1H3. The molecule has 0 saturated heterocycles. The van der Waals surface area contributed by atoms with Gasteiger partial charge in [0.25, 0.3) is 0 Å². The van der Waals surface area contributed by atoms with Gasteiger partial charge in [0, 0.05) is 12.6 Å². The molecule has 1 aliphatic heterocycles. The van der Waals surface area contributed by atoms with Gasteiger partial charge in [0.15, 0.2) is 11.5 Å². The van der Waals surface area contributed by atoms with E-state index in [1.807, 2.05) is 6.07 Å². The van der Waals surface area contributed by atoms with Crippen molar-refractivity contribution in [3.05, 3.63) is 23.8 Å². The average Bonchev–Trinajstić information content (AvgIpc) is 3.06. The van der Waals surface area contributed by atoms with Gasteiger partial charge in [-0.25, -0.2) is 0 Å². The van der Waals surface area contributed by atoms with Crippen molar-refractivity contribution in [2.45, 2.75) is 31.8 Å². The maximum absolute atomic E-state index is 5.87. The van der Waals surface area contributed by atoms with Gasteiger partial charge in [-0.3, -0.25) is 4.90 Å². The highest BCUT2D eigenvalue weighted by Crippen LogP contribution is 2.34. The Bertz CT molecular complexity index is 450. The Hall–Kier alpha value is -1.26. The zero-order valence-corrected chi connectivity index (χ0v) is 11.5. The quantitative estimate of drug-likeness (QED) is 0.901. The summed E-state index contributed by atoms with van der Waals surface area (Å²) in [5.41, 5.74) is 7.14. The van der Waals surface area contributed by atoms with Gasteiger partial charge in [-0.2, -0.15) is 0 Å². The molecule has 0 bridgehead atoms. The third kappa shape index (κ3) is 2.55. The highest BCUT2D eigenvalue weighted by atomic mass is 16.7. The minimum atomic E-state index is 0.340. The van der Waals surface area contributed by atoms with Crippen LogP contribution in [0.3, 0.4) is 0 Å². The van der Waals surface area contributed by atoms with E-state index in [0.717, 1.165) is 24.6 Å². The molecule has 19 heavy (non-hydrogen) atoms. The van der Waals surface area contributed by atoms with Gasteiger partial charge < -0.3 is 15.2 Å². The summed E-state index contributed by atoms with van der Waals surface area (Å²) in [6.07, 6.45) is 3.84. The lowest BCUT2D eigenvalue weighted by molar-refractivity contribution is 0.173. The van der Waals surface area contributed by atoms with E-state index in [-0.39, 0.29) is 0 Å². The van der Waals surface area contributed by atoms with Crippen molar-refractivity contribution in [1.29, 1.82) is 0 Å². The second-order valence-electron chi connectivity index (χ2n) is 5.60. The minimum absolute atomic E-state index is 0.340. The van der Waals surface area contributed by atoms with Gasteiger partial charge in [0.05, 0.1) is 0 Å². The Morgan fingerprint density at radius 3 is 2.95 bits per heavy atom. The first kappa shape index (κ1) is 12.8. The first-order chi connectivity index (χ1) is 9.28. The van der Waals surface area contributed by atoms with Crippen LogP contribution in [0.15, 0.2) is 18.2 Å². The highest BCUT2D eigenvalue weighted by molar-refractivity contribution is 5.44. The largest absolute Gasteiger partial charge is 0.454 e. The summed E-state index contributed by atoms with van der Waals surface area (Å²) in [6.45, 7) is 2.08. The predicted molar refractivity (Wildman–Crippen MR) is 74.2 cm³/mol. The number of ether oxygens (including phenoxy) is 2. The van der Waals surface area contributed by atoms with E-state index in [1.165, 1.54) is 24.8 Å². The van der Waals surface area contributed by atoms with Crippen LogP contribution in [-0.4, -0.2) is 31.3 Å². The molecule has 0 amide bonds. The number of fused-ring (bicyclic) bond motifs is 1. The van der Waals surface area contributed by atoms with Crippen molar-refractivity contribution in [3.63, 3.8) is 0 Å². The van der Waals surface area contributed by atoms with Gasteiger partial charge in [0.1, 0.15) is 0 Å². The Morgan fingerprint density at radius 2 is 2.11 bits per heavy atom. The van der Waals surface area contributed by atoms with E-state index in [4.69, 9.17) is 15.2 Å². The molecule has 1 heterocycles. The zero-order valence-electron chi connectivity index (χ0n) is 11.5. The normalized spacial score (nSPS) is 25.2. The molecule has 1 aliphatic carbocycles. The van der Waals surface area contributed by atoms with Gasteiger partial charge >= 0.3 is 0 Å². The van der Waals surface area contributed by atoms with Crippen molar-refractivity contribution in [2.24, 2.45) is 11.7 Å². The smallest absolute Gasteiger partial charge is 0.231 e.